The van der Waals surface area contributed by atoms with E-state index in [1.165, 1.54) is 7.11 Å². The molecule has 1 aliphatic rings. The van der Waals surface area contributed by atoms with Gasteiger partial charge in [-0.3, -0.25) is 9.69 Å². The van der Waals surface area contributed by atoms with Gasteiger partial charge in [0.05, 0.1) is 13.7 Å². The number of likely N-dealkylation sites (N-methyl/N-ethyl adjacent to an activating group) is 1. The van der Waals surface area contributed by atoms with Crippen LogP contribution in [0.2, 0.25) is 0 Å². The summed E-state index contributed by atoms with van der Waals surface area (Å²) < 4.78 is 10.2. The SMILES string of the molecule is CCC1CCC(CN(C)C(=O)OC(C)(C)C)N1CC(=O)OC. The number of likely N-dealkylation sites (tertiary alicyclic amines) is 1. The summed E-state index contributed by atoms with van der Waals surface area (Å²) in [5.74, 6) is -0.231. The second kappa shape index (κ2) is 7.81. The predicted octanol–water partition coefficient (Wildman–Crippen LogP) is 2.27. The fraction of sp³-hybridized carbons (Fsp3) is 0.875. The van der Waals surface area contributed by atoms with Gasteiger partial charge in [0.2, 0.25) is 0 Å². The van der Waals surface area contributed by atoms with Crippen molar-refractivity contribution in [2.45, 2.75) is 64.6 Å². The van der Waals surface area contributed by atoms with Gasteiger partial charge in [-0.25, -0.2) is 4.79 Å². The summed E-state index contributed by atoms with van der Waals surface area (Å²) in [7, 11) is 3.14. The Bertz CT molecular complexity index is 392. The van der Waals surface area contributed by atoms with Crippen molar-refractivity contribution >= 4 is 12.1 Å². The normalized spacial score (nSPS) is 22.5. The number of carbonyl (C=O) groups is 2. The zero-order valence-corrected chi connectivity index (χ0v) is 14.7. The van der Waals surface area contributed by atoms with Crippen LogP contribution in [0.4, 0.5) is 4.79 Å². The van der Waals surface area contributed by atoms with E-state index in [0.717, 1.165) is 19.3 Å². The van der Waals surface area contributed by atoms with E-state index in [0.29, 0.717) is 12.6 Å². The molecular weight excluding hydrogens is 284 g/mol. The molecule has 2 atom stereocenters. The first-order valence-electron chi connectivity index (χ1n) is 7.94. The van der Waals surface area contributed by atoms with Crippen molar-refractivity contribution in [1.29, 1.82) is 0 Å². The molecule has 1 amide bonds. The summed E-state index contributed by atoms with van der Waals surface area (Å²) >= 11 is 0. The van der Waals surface area contributed by atoms with Gasteiger partial charge in [0.25, 0.3) is 0 Å². The molecule has 0 aromatic heterocycles. The molecule has 128 valence electrons. The molecule has 0 saturated carbocycles. The standard InChI is InChI=1S/C16H30N2O4/c1-7-12-8-9-13(18(12)11-14(19)21-6)10-17(5)15(20)22-16(2,3)4/h12-13H,7-11H2,1-6H3. The molecule has 0 spiro atoms. The van der Waals surface area contributed by atoms with E-state index < -0.39 is 5.60 Å². The van der Waals surface area contributed by atoms with Crippen molar-refractivity contribution in [2.24, 2.45) is 0 Å². The quantitative estimate of drug-likeness (QED) is 0.729. The Balaban J connectivity index is 2.65. The minimum atomic E-state index is -0.501. The van der Waals surface area contributed by atoms with E-state index in [-0.39, 0.29) is 24.6 Å². The van der Waals surface area contributed by atoms with Crippen LogP contribution >= 0.6 is 0 Å². The molecule has 0 aromatic rings. The molecule has 0 bridgehead atoms. The van der Waals surface area contributed by atoms with Crippen molar-refractivity contribution in [1.82, 2.24) is 9.80 Å². The first-order valence-corrected chi connectivity index (χ1v) is 7.94. The Kier molecular flexibility index (Phi) is 6.66. The van der Waals surface area contributed by atoms with Crippen molar-refractivity contribution in [2.75, 3.05) is 27.2 Å². The van der Waals surface area contributed by atoms with Crippen LogP contribution in [0.15, 0.2) is 0 Å². The minimum Gasteiger partial charge on any atom is -0.468 e. The highest BCUT2D eigenvalue weighted by Gasteiger charge is 2.35. The smallest absolute Gasteiger partial charge is 0.410 e. The number of ether oxygens (including phenoxy) is 2. The lowest BCUT2D eigenvalue weighted by Gasteiger charge is -2.32. The van der Waals surface area contributed by atoms with E-state index in [1.54, 1.807) is 11.9 Å². The predicted molar refractivity (Wildman–Crippen MR) is 84.7 cm³/mol. The number of methoxy groups -OCH3 is 1. The summed E-state index contributed by atoms with van der Waals surface area (Å²) in [5.41, 5.74) is -0.501. The molecule has 1 rings (SSSR count). The highest BCUT2D eigenvalue weighted by molar-refractivity contribution is 5.71. The lowest BCUT2D eigenvalue weighted by atomic mass is 10.1. The van der Waals surface area contributed by atoms with Crippen LogP contribution in [0, 0.1) is 0 Å². The number of hydrogen-bond donors (Lipinski definition) is 0. The average Bonchev–Trinajstić information content (AvgIpc) is 2.78. The average molecular weight is 314 g/mol. The molecule has 1 heterocycles. The third-order valence-electron chi connectivity index (χ3n) is 3.97. The largest absolute Gasteiger partial charge is 0.468 e. The fourth-order valence-electron chi connectivity index (χ4n) is 2.85. The second-order valence-electron chi connectivity index (χ2n) is 6.90. The summed E-state index contributed by atoms with van der Waals surface area (Å²) in [6.07, 6.45) is 2.68. The first-order chi connectivity index (χ1) is 10.2. The van der Waals surface area contributed by atoms with Gasteiger partial charge in [-0.05, 0) is 40.0 Å². The molecule has 1 aliphatic heterocycles. The molecule has 1 fully saturated rings. The van der Waals surface area contributed by atoms with Gasteiger partial charge in [-0.2, -0.15) is 0 Å². The van der Waals surface area contributed by atoms with Gasteiger partial charge in [-0.1, -0.05) is 6.92 Å². The van der Waals surface area contributed by atoms with Crippen molar-refractivity contribution in [3.63, 3.8) is 0 Å². The lowest BCUT2D eigenvalue weighted by Crippen LogP contribution is -2.47. The van der Waals surface area contributed by atoms with E-state index in [2.05, 4.69) is 11.8 Å². The van der Waals surface area contributed by atoms with Crippen LogP contribution in [0.5, 0.6) is 0 Å². The Labute approximate surface area is 133 Å². The molecular formula is C16H30N2O4. The van der Waals surface area contributed by atoms with Crippen molar-refractivity contribution < 1.29 is 19.1 Å². The summed E-state index contributed by atoms with van der Waals surface area (Å²) in [6, 6.07) is 0.540. The zero-order chi connectivity index (χ0) is 16.9. The van der Waals surface area contributed by atoms with Crippen LogP contribution < -0.4 is 0 Å². The van der Waals surface area contributed by atoms with Crippen LogP contribution in [0.25, 0.3) is 0 Å². The molecule has 6 heteroatoms. The molecule has 22 heavy (non-hydrogen) atoms. The Morgan fingerprint density at radius 1 is 1.23 bits per heavy atom. The van der Waals surface area contributed by atoms with Crippen molar-refractivity contribution in [3.8, 4) is 0 Å². The van der Waals surface area contributed by atoms with Gasteiger partial charge < -0.3 is 14.4 Å². The van der Waals surface area contributed by atoms with Gasteiger partial charge in [0.15, 0.2) is 0 Å². The Morgan fingerprint density at radius 3 is 2.32 bits per heavy atom. The molecule has 1 saturated heterocycles. The molecule has 0 aliphatic carbocycles. The second-order valence-corrected chi connectivity index (χ2v) is 6.90. The van der Waals surface area contributed by atoms with E-state index in [4.69, 9.17) is 9.47 Å². The van der Waals surface area contributed by atoms with Gasteiger partial charge in [0.1, 0.15) is 5.60 Å². The van der Waals surface area contributed by atoms with E-state index in [1.807, 2.05) is 20.8 Å². The van der Waals surface area contributed by atoms with Crippen molar-refractivity contribution in [3.05, 3.63) is 0 Å². The molecule has 0 aromatic carbocycles. The summed E-state index contributed by atoms with van der Waals surface area (Å²) in [5, 5.41) is 0. The maximum Gasteiger partial charge on any atom is 0.410 e. The minimum absolute atomic E-state index is 0.168. The number of nitrogens with zero attached hydrogens (tertiary/aromatic N) is 2. The van der Waals surface area contributed by atoms with E-state index >= 15 is 0 Å². The third-order valence-corrected chi connectivity index (χ3v) is 3.97. The molecule has 2 unspecified atom stereocenters. The van der Waals surface area contributed by atoms with Gasteiger partial charge >= 0.3 is 12.1 Å². The summed E-state index contributed by atoms with van der Waals surface area (Å²) in [6.45, 7) is 8.51. The maximum atomic E-state index is 12.1. The number of hydrogen-bond acceptors (Lipinski definition) is 5. The van der Waals surface area contributed by atoms with Gasteiger partial charge in [-0.15, -0.1) is 0 Å². The molecule has 6 nitrogen and oxygen atoms in total. The Hall–Kier alpha value is -1.30. The molecule has 0 N–H and O–H groups in total. The van der Waals surface area contributed by atoms with Crippen LogP contribution in [0.3, 0.4) is 0 Å². The Morgan fingerprint density at radius 2 is 1.82 bits per heavy atom. The van der Waals surface area contributed by atoms with E-state index in [9.17, 15) is 9.59 Å². The highest BCUT2D eigenvalue weighted by Crippen LogP contribution is 2.26. The maximum absolute atomic E-state index is 12.1. The van der Waals surface area contributed by atoms with Gasteiger partial charge in [0, 0.05) is 25.7 Å². The first kappa shape index (κ1) is 18.7. The summed E-state index contributed by atoms with van der Waals surface area (Å²) in [4.78, 5) is 27.4. The van der Waals surface area contributed by atoms with Crippen LogP contribution in [0.1, 0.15) is 47.0 Å². The fourth-order valence-corrected chi connectivity index (χ4v) is 2.85. The highest BCUT2D eigenvalue weighted by atomic mass is 16.6. The number of rotatable bonds is 5. The molecule has 0 radical (unpaired) electrons. The monoisotopic (exact) mass is 314 g/mol. The number of carbonyl (C=O) groups excluding carboxylic acids is 2. The van der Waals surface area contributed by atoms with Crippen LogP contribution in [-0.4, -0.2) is 66.8 Å². The number of amides is 1. The topological polar surface area (TPSA) is 59.1 Å². The third kappa shape index (κ3) is 5.48. The van der Waals surface area contributed by atoms with Crippen LogP contribution in [-0.2, 0) is 14.3 Å². The lowest BCUT2D eigenvalue weighted by molar-refractivity contribution is -0.142. The zero-order valence-electron chi connectivity index (χ0n) is 14.7. The number of esters is 1.